The molecule has 0 fully saturated rings. The van der Waals surface area contributed by atoms with Gasteiger partial charge in [0.1, 0.15) is 5.67 Å². The molecule has 0 aromatic rings. The molecule has 0 saturated heterocycles. The highest BCUT2D eigenvalue weighted by atomic mass is 19.1. The molecule has 0 amide bonds. The molecular formula is C6H13FO. The van der Waals surface area contributed by atoms with Crippen molar-refractivity contribution in [3.05, 3.63) is 0 Å². The van der Waals surface area contributed by atoms with Gasteiger partial charge in [0.2, 0.25) is 0 Å². The molecule has 0 aliphatic carbocycles. The lowest BCUT2D eigenvalue weighted by atomic mass is 10.1. The Morgan fingerprint density at radius 3 is 2.12 bits per heavy atom. The van der Waals surface area contributed by atoms with Gasteiger partial charge in [-0.15, -0.1) is 0 Å². The van der Waals surface area contributed by atoms with Crippen LogP contribution in [0.1, 0.15) is 20.3 Å². The highest BCUT2D eigenvalue weighted by Crippen LogP contribution is 2.12. The second-order valence-corrected chi connectivity index (χ2v) is 2.46. The summed E-state index contributed by atoms with van der Waals surface area (Å²) < 4.78 is 17.2. The van der Waals surface area contributed by atoms with E-state index in [1.165, 1.54) is 0 Å². The Morgan fingerprint density at radius 2 is 2.00 bits per heavy atom. The van der Waals surface area contributed by atoms with Gasteiger partial charge < -0.3 is 4.74 Å². The molecule has 0 aliphatic heterocycles. The molecule has 0 saturated carbocycles. The second kappa shape index (κ2) is 3.02. The minimum atomic E-state index is -1.07. The Bertz CT molecular complexity index is 56.0. The summed E-state index contributed by atoms with van der Waals surface area (Å²) >= 11 is 0. The van der Waals surface area contributed by atoms with Crippen LogP contribution >= 0.6 is 0 Å². The van der Waals surface area contributed by atoms with Gasteiger partial charge in [0.05, 0.1) is 0 Å². The third kappa shape index (κ3) is 5.89. The maximum Gasteiger partial charge on any atom is 0.107 e. The molecule has 0 bridgehead atoms. The average molecular weight is 120 g/mol. The smallest absolute Gasteiger partial charge is 0.107 e. The minimum Gasteiger partial charge on any atom is -0.385 e. The molecule has 0 aliphatic rings. The Morgan fingerprint density at radius 1 is 1.50 bits per heavy atom. The molecule has 0 unspecified atom stereocenters. The summed E-state index contributed by atoms with van der Waals surface area (Å²) in [4.78, 5) is 0. The first-order chi connectivity index (χ1) is 3.56. The molecule has 50 valence electrons. The SMILES string of the molecule is COCCC(C)(C)F. The molecule has 1 nitrogen and oxygen atoms in total. The van der Waals surface area contributed by atoms with E-state index in [4.69, 9.17) is 0 Å². The summed E-state index contributed by atoms with van der Waals surface area (Å²) in [5, 5.41) is 0. The van der Waals surface area contributed by atoms with Crippen molar-refractivity contribution in [3.63, 3.8) is 0 Å². The van der Waals surface area contributed by atoms with E-state index < -0.39 is 5.67 Å². The highest BCUT2D eigenvalue weighted by Gasteiger charge is 2.13. The molecule has 0 radical (unpaired) electrons. The molecule has 0 spiro atoms. The number of rotatable bonds is 3. The molecule has 0 aromatic heterocycles. The molecule has 0 atom stereocenters. The van der Waals surface area contributed by atoms with E-state index in [9.17, 15) is 4.39 Å². The standard InChI is InChI=1S/C6H13FO/c1-6(2,7)4-5-8-3/h4-5H2,1-3H3. The fourth-order valence-electron chi connectivity index (χ4n) is 0.345. The normalized spacial score (nSPS) is 12.0. The molecule has 8 heavy (non-hydrogen) atoms. The van der Waals surface area contributed by atoms with Crippen LogP contribution < -0.4 is 0 Å². The van der Waals surface area contributed by atoms with Gasteiger partial charge in [-0.05, 0) is 13.8 Å². The van der Waals surface area contributed by atoms with Gasteiger partial charge in [-0.3, -0.25) is 0 Å². The summed E-state index contributed by atoms with van der Waals surface area (Å²) in [6.07, 6.45) is 0.476. The summed E-state index contributed by atoms with van der Waals surface area (Å²) in [6.45, 7) is 3.60. The molecule has 2 heteroatoms. The van der Waals surface area contributed by atoms with Crippen LogP contribution in [0, 0.1) is 0 Å². The first kappa shape index (κ1) is 7.89. The summed E-state index contributed by atoms with van der Waals surface area (Å²) in [7, 11) is 1.58. The predicted octanol–water partition coefficient (Wildman–Crippen LogP) is 1.77. The highest BCUT2D eigenvalue weighted by molar-refractivity contribution is 4.63. The Balaban J connectivity index is 3.11. The van der Waals surface area contributed by atoms with Crippen molar-refractivity contribution < 1.29 is 9.13 Å². The maximum atomic E-state index is 12.5. The molecule has 0 N–H and O–H groups in total. The van der Waals surface area contributed by atoms with Crippen molar-refractivity contribution in [1.29, 1.82) is 0 Å². The fourth-order valence-corrected chi connectivity index (χ4v) is 0.345. The first-order valence-electron chi connectivity index (χ1n) is 2.74. The van der Waals surface area contributed by atoms with Crippen LogP contribution in [-0.2, 0) is 4.74 Å². The third-order valence-electron chi connectivity index (χ3n) is 0.901. The number of hydrogen-bond donors (Lipinski definition) is 0. The zero-order valence-electron chi connectivity index (χ0n) is 5.70. The lowest BCUT2D eigenvalue weighted by Gasteiger charge is -2.11. The van der Waals surface area contributed by atoms with E-state index in [-0.39, 0.29) is 0 Å². The fraction of sp³-hybridized carbons (Fsp3) is 1.00. The van der Waals surface area contributed by atoms with Crippen molar-refractivity contribution >= 4 is 0 Å². The molecule has 0 aromatic carbocycles. The lowest BCUT2D eigenvalue weighted by Crippen LogP contribution is -2.14. The topological polar surface area (TPSA) is 9.23 Å². The van der Waals surface area contributed by atoms with Gasteiger partial charge in [-0.1, -0.05) is 0 Å². The Labute approximate surface area is 49.8 Å². The van der Waals surface area contributed by atoms with Crippen molar-refractivity contribution in [2.24, 2.45) is 0 Å². The van der Waals surface area contributed by atoms with Crippen LogP contribution in [-0.4, -0.2) is 19.4 Å². The minimum absolute atomic E-state index is 0.476. The quantitative estimate of drug-likeness (QED) is 0.551. The van der Waals surface area contributed by atoms with Gasteiger partial charge in [0, 0.05) is 20.1 Å². The number of alkyl halides is 1. The van der Waals surface area contributed by atoms with E-state index in [0.717, 1.165) is 0 Å². The van der Waals surface area contributed by atoms with E-state index in [2.05, 4.69) is 4.74 Å². The lowest BCUT2D eigenvalue weighted by molar-refractivity contribution is 0.120. The first-order valence-corrected chi connectivity index (χ1v) is 2.74. The van der Waals surface area contributed by atoms with Crippen LogP contribution in [0.25, 0.3) is 0 Å². The summed E-state index contributed by atoms with van der Waals surface area (Å²) in [6, 6.07) is 0. The Kier molecular flexibility index (Phi) is 2.98. The van der Waals surface area contributed by atoms with Crippen LogP contribution in [0.2, 0.25) is 0 Å². The van der Waals surface area contributed by atoms with Gasteiger partial charge >= 0.3 is 0 Å². The van der Waals surface area contributed by atoms with Crippen LogP contribution in [0.4, 0.5) is 4.39 Å². The van der Waals surface area contributed by atoms with Gasteiger partial charge in [0.15, 0.2) is 0 Å². The summed E-state index contributed by atoms with van der Waals surface area (Å²) in [5.74, 6) is 0. The molecular weight excluding hydrogens is 107 g/mol. The number of methoxy groups -OCH3 is 1. The van der Waals surface area contributed by atoms with E-state index in [1.807, 2.05) is 0 Å². The largest absolute Gasteiger partial charge is 0.385 e. The van der Waals surface area contributed by atoms with Crippen LogP contribution in [0.15, 0.2) is 0 Å². The number of ether oxygens (including phenoxy) is 1. The monoisotopic (exact) mass is 120 g/mol. The zero-order chi connectivity index (χ0) is 6.62. The van der Waals surface area contributed by atoms with Crippen molar-refractivity contribution in [2.75, 3.05) is 13.7 Å². The molecule has 0 heterocycles. The average Bonchev–Trinajstić information content (AvgIpc) is 1.59. The Hall–Kier alpha value is -0.110. The van der Waals surface area contributed by atoms with E-state index in [1.54, 1.807) is 21.0 Å². The van der Waals surface area contributed by atoms with Crippen molar-refractivity contribution in [1.82, 2.24) is 0 Å². The van der Waals surface area contributed by atoms with Crippen LogP contribution in [0.5, 0.6) is 0 Å². The van der Waals surface area contributed by atoms with E-state index in [0.29, 0.717) is 13.0 Å². The predicted molar refractivity (Wildman–Crippen MR) is 31.7 cm³/mol. The third-order valence-corrected chi connectivity index (χ3v) is 0.901. The van der Waals surface area contributed by atoms with Gasteiger partial charge in [-0.2, -0.15) is 0 Å². The zero-order valence-corrected chi connectivity index (χ0v) is 5.70. The second-order valence-electron chi connectivity index (χ2n) is 2.46. The summed E-state index contributed by atoms with van der Waals surface area (Å²) in [5.41, 5.74) is -1.07. The van der Waals surface area contributed by atoms with E-state index >= 15 is 0 Å². The van der Waals surface area contributed by atoms with Crippen molar-refractivity contribution in [3.8, 4) is 0 Å². The number of halogens is 1. The maximum absolute atomic E-state index is 12.5. The van der Waals surface area contributed by atoms with Gasteiger partial charge in [0.25, 0.3) is 0 Å². The molecule has 0 rings (SSSR count). The van der Waals surface area contributed by atoms with Gasteiger partial charge in [-0.25, -0.2) is 4.39 Å². The van der Waals surface area contributed by atoms with Crippen molar-refractivity contribution in [2.45, 2.75) is 25.9 Å². The number of hydrogen-bond acceptors (Lipinski definition) is 1. The van der Waals surface area contributed by atoms with Crippen LogP contribution in [0.3, 0.4) is 0 Å².